The fourth-order valence-electron chi connectivity index (χ4n) is 3.06. The number of methoxy groups -OCH3 is 2. The molecule has 2 aromatic carbocycles. The van der Waals surface area contributed by atoms with Crippen molar-refractivity contribution >= 4 is 17.5 Å². The van der Waals surface area contributed by atoms with Gasteiger partial charge >= 0.3 is 0 Å². The van der Waals surface area contributed by atoms with E-state index in [0.717, 1.165) is 24.8 Å². The summed E-state index contributed by atoms with van der Waals surface area (Å²) in [6, 6.07) is 12.9. The predicted molar refractivity (Wildman–Crippen MR) is 94.0 cm³/mol. The maximum absolute atomic E-state index is 12.8. The van der Waals surface area contributed by atoms with Crippen LogP contribution >= 0.6 is 11.6 Å². The zero-order valence-electron chi connectivity index (χ0n) is 13.8. The summed E-state index contributed by atoms with van der Waals surface area (Å²) in [6.07, 6.45) is 2.92. The lowest BCUT2D eigenvalue weighted by Crippen LogP contribution is -2.50. The molecule has 0 radical (unpaired) electrons. The molecule has 4 nitrogen and oxygen atoms in total. The van der Waals surface area contributed by atoms with Crippen molar-refractivity contribution in [2.24, 2.45) is 0 Å². The van der Waals surface area contributed by atoms with Gasteiger partial charge in [0.1, 0.15) is 11.5 Å². The molecule has 2 aromatic rings. The number of amides is 1. The summed E-state index contributed by atoms with van der Waals surface area (Å²) in [5.41, 5.74) is 1.25. The van der Waals surface area contributed by atoms with Crippen LogP contribution in [-0.2, 0) is 5.54 Å². The summed E-state index contributed by atoms with van der Waals surface area (Å²) < 4.78 is 10.5. The van der Waals surface area contributed by atoms with E-state index < -0.39 is 0 Å². The topological polar surface area (TPSA) is 47.6 Å². The summed E-state index contributed by atoms with van der Waals surface area (Å²) in [5, 5.41) is 3.88. The summed E-state index contributed by atoms with van der Waals surface area (Å²) in [6.45, 7) is 0. The zero-order valence-corrected chi connectivity index (χ0v) is 14.5. The molecule has 3 rings (SSSR count). The highest BCUT2D eigenvalue weighted by molar-refractivity contribution is 6.30. The molecule has 0 aromatic heterocycles. The Bertz CT molecular complexity index is 739. The Morgan fingerprint density at radius 1 is 1.08 bits per heavy atom. The molecule has 1 N–H and O–H groups in total. The van der Waals surface area contributed by atoms with Gasteiger partial charge in [0.25, 0.3) is 5.91 Å². The highest BCUT2D eigenvalue weighted by Gasteiger charge is 2.40. The molecule has 0 saturated heterocycles. The predicted octanol–water partition coefficient (Wildman–Crippen LogP) is 4.17. The van der Waals surface area contributed by atoms with Gasteiger partial charge in [0.05, 0.1) is 25.3 Å². The lowest BCUT2D eigenvalue weighted by atomic mass is 9.71. The van der Waals surface area contributed by atoms with Crippen molar-refractivity contribution in [1.29, 1.82) is 0 Å². The monoisotopic (exact) mass is 345 g/mol. The van der Waals surface area contributed by atoms with E-state index in [-0.39, 0.29) is 11.4 Å². The van der Waals surface area contributed by atoms with E-state index in [9.17, 15) is 4.79 Å². The molecule has 0 atom stereocenters. The van der Waals surface area contributed by atoms with E-state index in [0.29, 0.717) is 22.1 Å². The van der Waals surface area contributed by atoms with Crippen molar-refractivity contribution in [3.63, 3.8) is 0 Å². The number of ether oxygens (including phenoxy) is 2. The maximum atomic E-state index is 12.8. The number of rotatable bonds is 5. The van der Waals surface area contributed by atoms with Gasteiger partial charge < -0.3 is 14.8 Å². The van der Waals surface area contributed by atoms with Gasteiger partial charge in [0, 0.05) is 11.1 Å². The van der Waals surface area contributed by atoms with Crippen molar-refractivity contribution in [1.82, 2.24) is 5.32 Å². The van der Waals surface area contributed by atoms with E-state index in [1.54, 1.807) is 32.4 Å². The van der Waals surface area contributed by atoms with E-state index in [1.807, 2.05) is 24.3 Å². The second-order valence-electron chi connectivity index (χ2n) is 5.96. The van der Waals surface area contributed by atoms with Crippen LogP contribution in [0.1, 0.15) is 35.2 Å². The van der Waals surface area contributed by atoms with Crippen LogP contribution in [0.15, 0.2) is 42.5 Å². The minimum Gasteiger partial charge on any atom is -0.497 e. The molecule has 0 unspecified atom stereocenters. The second kappa shape index (κ2) is 6.73. The molecule has 126 valence electrons. The van der Waals surface area contributed by atoms with Gasteiger partial charge in [-0.25, -0.2) is 0 Å². The van der Waals surface area contributed by atoms with E-state index in [4.69, 9.17) is 21.1 Å². The van der Waals surface area contributed by atoms with E-state index in [2.05, 4.69) is 5.32 Å². The molecule has 0 heterocycles. The lowest BCUT2D eigenvalue weighted by molar-refractivity contribution is 0.0820. The first-order valence-corrected chi connectivity index (χ1v) is 8.26. The molecule has 24 heavy (non-hydrogen) atoms. The fourth-order valence-corrected chi connectivity index (χ4v) is 3.18. The van der Waals surface area contributed by atoms with Crippen LogP contribution in [-0.4, -0.2) is 20.1 Å². The minimum atomic E-state index is -0.327. The Morgan fingerprint density at radius 3 is 2.33 bits per heavy atom. The van der Waals surface area contributed by atoms with Crippen LogP contribution < -0.4 is 14.8 Å². The molecule has 0 spiro atoms. The summed E-state index contributed by atoms with van der Waals surface area (Å²) in [7, 11) is 3.13. The van der Waals surface area contributed by atoms with E-state index >= 15 is 0 Å². The fraction of sp³-hybridized carbons (Fsp3) is 0.316. The van der Waals surface area contributed by atoms with Crippen LogP contribution in [0.25, 0.3) is 0 Å². The summed E-state index contributed by atoms with van der Waals surface area (Å²) in [4.78, 5) is 12.8. The number of halogens is 1. The smallest absolute Gasteiger partial charge is 0.255 e. The quantitative estimate of drug-likeness (QED) is 0.884. The molecular formula is C19H20ClNO3. The molecule has 5 heteroatoms. The van der Waals surface area contributed by atoms with Gasteiger partial charge in [0.2, 0.25) is 0 Å². The zero-order chi connectivity index (χ0) is 17.2. The van der Waals surface area contributed by atoms with Gasteiger partial charge in [-0.2, -0.15) is 0 Å². The number of carbonyl (C=O) groups excluding carboxylic acids is 1. The Hall–Kier alpha value is -2.20. The Morgan fingerprint density at radius 2 is 1.79 bits per heavy atom. The average molecular weight is 346 g/mol. The Kier molecular flexibility index (Phi) is 4.67. The molecule has 1 fully saturated rings. The van der Waals surface area contributed by atoms with Crippen LogP contribution in [0.4, 0.5) is 0 Å². The average Bonchev–Trinajstić information content (AvgIpc) is 2.58. The summed E-state index contributed by atoms with van der Waals surface area (Å²) in [5.74, 6) is 1.00. The van der Waals surface area contributed by atoms with Gasteiger partial charge in [0.15, 0.2) is 0 Å². The first kappa shape index (κ1) is 16.7. The lowest BCUT2D eigenvalue weighted by Gasteiger charge is -2.43. The maximum Gasteiger partial charge on any atom is 0.255 e. The standard InChI is InChI=1S/C19H20ClNO3/c1-23-15-8-9-16(17(12-15)24-2)18(22)21-19(10-3-11-19)13-4-6-14(20)7-5-13/h4-9,12H,3,10-11H2,1-2H3,(H,21,22). The third-order valence-corrected chi connectivity index (χ3v) is 4.86. The molecule has 1 aliphatic rings. The highest BCUT2D eigenvalue weighted by atomic mass is 35.5. The number of hydrogen-bond donors (Lipinski definition) is 1. The summed E-state index contributed by atoms with van der Waals surface area (Å²) >= 11 is 5.98. The molecule has 1 aliphatic carbocycles. The van der Waals surface area contributed by atoms with Crippen molar-refractivity contribution in [3.05, 3.63) is 58.6 Å². The van der Waals surface area contributed by atoms with Gasteiger partial charge in [-0.05, 0) is 49.1 Å². The number of nitrogens with one attached hydrogen (secondary N) is 1. The molecular weight excluding hydrogens is 326 g/mol. The van der Waals surface area contributed by atoms with Gasteiger partial charge in [-0.1, -0.05) is 23.7 Å². The number of benzene rings is 2. The minimum absolute atomic E-state index is 0.149. The first-order valence-electron chi connectivity index (χ1n) is 7.88. The van der Waals surface area contributed by atoms with Crippen molar-refractivity contribution < 1.29 is 14.3 Å². The molecule has 1 amide bonds. The largest absolute Gasteiger partial charge is 0.497 e. The first-order chi connectivity index (χ1) is 11.6. The second-order valence-corrected chi connectivity index (χ2v) is 6.40. The molecule has 0 bridgehead atoms. The molecule has 0 aliphatic heterocycles. The Labute approximate surface area is 146 Å². The molecule has 1 saturated carbocycles. The number of carbonyl (C=O) groups is 1. The SMILES string of the molecule is COc1ccc(C(=O)NC2(c3ccc(Cl)cc3)CCC2)c(OC)c1. The third-order valence-electron chi connectivity index (χ3n) is 4.61. The van der Waals surface area contributed by atoms with Crippen LogP contribution in [0.2, 0.25) is 5.02 Å². The van der Waals surface area contributed by atoms with E-state index in [1.165, 1.54) is 0 Å². The number of hydrogen-bond acceptors (Lipinski definition) is 3. The third kappa shape index (κ3) is 3.06. The van der Waals surface area contributed by atoms with Gasteiger partial charge in [-0.15, -0.1) is 0 Å². The normalized spacial score (nSPS) is 15.3. The van der Waals surface area contributed by atoms with Crippen LogP contribution in [0, 0.1) is 0 Å². The van der Waals surface area contributed by atoms with Crippen molar-refractivity contribution in [2.45, 2.75) is 24.8 Å². The Balaban J connectivity index is 1.86. The van der Waals surface area contributed by atoms with Crippen molar-refractivity contribution in [2.75, 3.05) is 14.2 Å². The van der Waals surface area contributed by atoms with Crippen molar-refractivity contribution in [3.8, 4) is 11.5 Å². The van der Waals surface area contributed by atoms with Crippen LogP contribution in [0.3, 0.4) is 0 Å². The van der Waals surface area contributed by atoms with Crippen LogP contribution in [0.5, 0.6) is 11.5 Å². The van der Waals surface area contributed by atoms with Gasteiger partial charge in [-0.3, -0.25) is 4.79 Å². The highest BCUT2D eigenvalue weighted by Crippen LogP contribution is 2.42.